The first-order valence-electron chi connectivity index (χ1n) is 11.0. The highest BCUT2D eigenvalue weighted by Gasteiger charge is 2.44. The standard InChI is InChI=1S/C25H28N2O5/c1-27(15-12-22(28)29)23(30)25(13-6-7-14-25)26-24(31)32-16-21-19-10-4-2-8-17(19)18-9-3-5-11-20(18)21/h2-5,8-11,21H,6-7,12-16H2,1H3,(H,26,31)(H,28,29). The van der Waals surface area contributed by atoms with E-state index in [0.29, 0.717) is 12.8 Å². The highest BCUT2D eigenvalue weighted by Crippen LogP contribution is 2.44. The Bertz CT molecular complexity index is 983. The monoisotopic (exact) mass is 436 g/mol. The second-order valence-electron chi connectivity index (χ2n) is 8.61. The zero-order chi connectivity index (χ0) is 22.7. The summed E-state index contributed by atoms with van der Waals surface area (Å²) in [6.07, 6.45) is 1.93. The first-order chi connectivity index (χ1) is 15.4. The van der Waals surface area contributed by atoms with Crippen molar-refractivity contribution in [2.24, 2.45) is 0 Å². The number of nitrogens with zero attached hydrogens (tertiary/aromatic N) is 1. The highest BCUT2D eigenvalue weighted by atomic mass is 16.5. The van der Waals surface area contributed by atoms with E-state index in [4.69, 9.17) is 9.84 Å². The molecule has 32 heavy (non-hydrogen) atoms. The van der Waals surface area contributed by atoms with Gasteiger partial charge in [-0.2, -0.15) is 0 Å². The molecule has 2 aliphatic rings. The van der Waals surface area contributed by atoms with E-state index >= 15 is 0 Å². The van der Waals surface area contributed by atoms with E-state index in [1.807, 2.05) is 24.3 Å². The van der Waals surface area contributed by atoms with Crippen molar-refractivity contribution in [1.82, 2.24) is 10.2 Å². The molecule has 0 radical (unpaired) electrons. The number of amides is 2. The number of carbonyl (C=O) groups is 3. The Morgan fingerprint density at radius 2 is 1.59 bits per heavy atom. The van der Waals surface area contributed by atoms with E-state index in [-0.39, 0.29) is 31.4 Å². The molecule has 0 unspecified atom stereocenters. The third kappa shape index (κ3) is 4.20. The number of carbonyl (C=O) groups excluding carboxylic acids is 2. The minimum absolute atomic E-state index is 0.0541. The van der Waals surface area contributed by atoms with Crippen molar-refractivity contribution >= 4 is 18.0 Å². The number of ether oxygens (including phenoxy) is 1. The summed E-state index contributed by atoms with van der Waals surface area (Å²) in [5, 5.41) is 11.7. The van der Waals surface area contributed by atoms with Crippen molar-refractivity contribution in [3.05, 3.63) is 59.7 Å². The van der Waals surface area contributed by atoms with Gasteiger partial charge in [0.2, 0.25) is 5.91 Å². The van der Waals surface area contributed by atoms with E-state index < -0.39 is 17.6 Å². The van der Waals surface area contributed by atoms with Crippen LogP contribution in [0.3, 0.4) is 0 Å². The lowest BCUT2D eigenvalue weighted by Gasteiger charge is -2.32. The molecule has 2 N–H and O–H groups in total. The lowest BCUT2D eigenvalue weighted by molar-refractivity contribution is -0.140. The van der Waals surface area contributed by atoms with Crippen LogP contribution < -0.4 is 5.32 Å². The molecule has 0 aromatic heterocycles. The number of nitrogens with one attached hydrogen (secondary N) is 1. The van der Waals surface area contributed by atoms with Crippen LogP contribution in [0.4, 0.5) is 4.79 Å². The van der Waals surface area contributed by atoms with E-state index in [9.17, 15) is 14.4 Å². The second-order valence-corrected chi connectivity index (χ2v) is 8.61. The fourth-order valence-corrected chi connectivity index (χ4v) is 4.93. The summed E-state index contributed by atoms with van der Waals surface area (Å²) in [4.78, 5) is 38.1. The molecule has 7 heteroatoms. The van der Waals surface area contributed by atoms with Crippen LogP contribution in [0.15, 0.2) is 48.5 Å². The van der Waals surface area contributed by atoms with E-state index in [1.165, 1.54) is 4.90 Å². The molecule has 0 spiro atoms. The number of alkyl carbamates (subject to hydrolysis) is 1. The number of aliphatic carboxylic acids is 1. The Labute approximate surface area is 187 Å². The lowest BCUT2D eigenvalue weighted by atomic mass is 9.95. The van der Waals surface area contributed by atoms with Gasteiger partial charge in [0.05, 0.1) is 6.42 Å². The summed E-state index contributed by atoms with van der Waals surface area (Å²) in [6.45, 7) is 0.279. The summed E-state index contributed by atoms with van der Waals surface area (Å²) in [7, 11) is 1.57. The fourth-order valence-electron chi connectivity index (χ4n) is 4.93. The first kappa shape index (κ1) is 21.9. The van der Waals surface area contributed by atoms with Crippen LogP contribution in [-0.2, 0) is 14.3 Å². The minimum atomic E-state index is -1.03. The Kier molecular flexibility index (Phi) is 6.17. The predicted octanol–water partition coefficient (Wildman–Crippen LogP) is 3.77. The minimum Gasteiger partial charge on any atom is -0.481 e. The van der Waals surface area contributed by atoms with Crippen LogP contribution in [0, 0.1) is 0 Å². The highest BCUT2D eigenvalue weighted by molar-refractivity contribution is 5.90. The number of carboxylic acid groups (broad SMARTS) is 1. The number of hydrogen-bond acceptors (Lipinski definition) is 4. The van der Waals surface area contributed by atoms with Gasteiger partial charge in [-0.3, -0.25) is 9.59 Å². The number of hydrogen-bond donors (Lipinski definition) is 2. The average Bonchev–Trinajstić information content (AvgIpc) is 3.39. The number of carboxylic acids is 1. The van der Waals surface area contributed by atoms with E-state index in [1.54, 1.807) is 7.05 Å². The Hall–Kier alpha value is -3.35. The van der Waals surface area contributed by atoms with Gasteiger partial charge in [0.15, 0.2) is 0 Å². The van der Waals surface area contributed by atoms with E-state index in [0.717, 1.165) is 35.1 Å². The molecule has 1 fully saturated rings. The molecule has 4 rings (SSSR count). The zero-order valence-corrected chi connectivity index (χ0v) is 18.2. The summed E-state index contributed by atoms with van der Waals surface area (Å²) in [5.74, 6) is -1.28. The third-order valence-corrected chi connectivity index (χ3v) is 6.56. The molecule has 0 heterocycles. The van der Waals surface area contributed by atoms with Gasteiger partial charge in [-0.1, -0.05) is 61.4 Å². The van der Waals surface area contributed by atoms with Crippen LogP contribution >= 0.6 is 0 Å². The molecule has 2 aliphatic carbocycles. The topological polar surface area (TPSA) is 95.9 Å². The van der Waals surface area contributed by atoms with Crippen LogP contribution in [-0.4, -0.2) is 53.7 Å². The molecular formula is C25H28N2O5. The Morgan fingerprint density at radius 3 is 2.16 bits per heavy atom. The molecule has 168 valence electrons. The molecule has 2 aromatic rings. The molecule has 2 amide bonds. The number of benzene rings is 2. The maximum Gasteiger partial charge on any atom is 0.408 e. The van der Waals surface area contributed by atoms with E-state index in [2.05, 4.69) is 29.6 Å². The summed E-state index contributed by atoms with van der Waals surface area (Å²) < 4.78 is 5.64. The second kappa shape index (κ2) is 9.02. The van der Waals surface area contributed by atoms with Gasteiger partial charge in [0.25, 0.3) is 0 Å². The van der Waals surface area contributed by atoms with Crippen molar-refractivity contribution in [3.8, 4) is 11.1 Å². The van der Waals surface area contributed by atoms with Crippen molar-refractivity contribution < 1.29 is 24.2 Å². The van der Waals surface area contributed by atoms with Gasteiger partial charge in [-0.05, 0) is 35.1 Å². The maximum atomic E-state index is 13.1. The van der Waals surface area contributed by atoms with Crippen LogP contribution in [0.5, 0.6) is 0 Å². The molecule has 0 bridgehead atoms. The van der Waals surface area contributed by atoms with Gasteiger partial charge in [0, 0.05) is 19.5 Å². The predicted molar refractivity (Wildman–Crippen MR) is 119 cm³/mol. The summed E-state index contributed by atoms with van der Waals surface area (Å²) in [6, 6.07) is 16.2. The van der Waals surface area contributed by atoms with Gasteiger partial charge >= 0.3 is 12.1 Å². The molecular weight excluding hydrogens is 408 g/mol. The number of fused-ring (bicyclic) bond motifs is 3. The molecule has 0 saturated heterocycles. The summed E-state index contributed by atoms with van der Waals surface area (Å²) >= 11 is 0. The van der Waals surface area contributed by atoms with Crippen LogP contribution in [0.25, 0.3) is 11.1 Å². The van der Waals surface area contributed by atoms with Gasteiger partial charge in [-0.25, -0.2) is 4.79 Å². The lowest BCUT2D eigenvalue weighted by Crippen LogP contribution is -2.57. The Morgan fingerprint density at radius 1 is 1.03 bits per heavy atom. The van der Waals surface area contributed by atoms with Crippen molar-refractivity contribution in [3.63, 3.8) is 0 Å². The van der Waals surface area contributed by atoms with Gasteiger partial charge in [-0.15, -0.1) is 0 Å². The Balaban J connectivity index is 1.44. The molecule has 0 atom stereocenters. The van der Waals surface area contributed by atoms with Crippen molar-refractivity contribution in [2.75, 3.05) is 20.2 Å². The molecule has 1 saturated carbocycles. The molecule has 7 nitrogen and oxygen atoms in total. The largest absolute Gasteiger partial charge is 0.481 e. The van der Waals surface area contributed by atoms with Crippen LogP contribution in [0.1, 0.15) is 49.1 Å². The SMILES string of the molecule is CN(CCC(=O)O)C(=O)C1(NC(=O)OCC2c3ccccc3-c3ccccc32)CCCC1. The van der Waals surface area contributed by atoms with Crippen LogP contribution in [0.2, 0.25) is 0 Å². The third-order valence-electron chi connectivity index (χ3n) is 6.56. The maximum absolute atomic E-state index is 13.1. The number of rotatable bonds is 7. The van der Waals surface area contributed by atoms with Crippen molar-refractivity contribution in [1.29, 1.82) is 0 Å². The smallest absolute Gasteiger partial charge is 0.408 e. The quantitative estimate of drug-likeness (QED) is 0.689. The zero-order valence-electron chi connectivity index (χ0n) is 18.2. The molecule has 2 aromatic carbocycles. The first-order valence-corrected chi connectivity index (χ1v) is 11.0. The van der Waals surface area contributed by atoms with Gasteiger partial charge in [0.1, 0.15) is 12.1 Å². The fraction of sp³-hybridized carbons (Fsp3) is 0.400. The average molecular weight is 437 g/mol. The van der Waals surface area contributed by atoms with Gasteiger partial charge < -0.3 is 20.1 Å². The number of likely N-dealkylation sites (N-methyl/N-ethyl adjacent to an activating group) is 1. The molecule has 0 aliphatic heterocycles. The van der Waals surface area contributed by atoms with Crippen molar-refractivity contribution in [2.45, 2.75) is 43.6 Å². The summed E-state index contributed by atoms with van der Waals surface area (Å²) in [5.41, 5.74) is 3.53. The normalized spacial score (nSPS) is 16.2.